The van der Waals surface area contributed by atoms with E-state index in [4.69, 9.17) is 5.11 Å². The maximum absolute atomic E-state index is 12.4. The van der Waals surface area contributed by atoms with E-state index in [2.05, 4.69) is 10.3 Å². The Balaban J connectivity index is 1.75. The van der Waals surface area contributed by atoms with Crippen LogP contribution in [0.2, 0.25) is 0 Å². The van der Waals surface area contributed by atoms with Crippen LogP contribution in [0.15, 0.2) is 24.4 Å². The molecular weight excluding hydrogens is 294 g/mol. The van der Waals surface area contributed by atoms with Gasteiger partial charge in [0.15, 0.2) is 0 Å². The summed E-state index contributed by atoms with van der Waals surface area (Å²) in [5.41, 5.74) is 1.68. The smallest absolute Gasteiger partial charge is 0.303 e. The van der Waals surface area contributed by atoms with Gasteiger partial charge in [-0.05, 0) is 36.8 Å². The van der Waals surface area contributed by atoms with Crippen molar-refractivity contribution in [3.8, 4) is 0 Å². The standard InChI is InChI=1S/C17H21N3O3/c1-10(2)15-16(20-6-4-3-5-13(20)18-15)19-17(23)12-7-11(8-12)9-14(21)22/h3-6,10-12H,7-9H2,1-2H3,(H,19,23)(H,21,22). The van der Waals surface area contributed by atoms with E-state index in [1.807, 2.05) is 42.6 Å². The second kappa shape index (κ2) is 6.02. The Bertz CT molecular complexity index is 745. The highest BCUT2D eigenvalue weighted by molar-refractivity contribution is 5.93. The van der Waals surface area contributed by atoms with Gasteiger partial charge in [0.25, 0.3) is 0 Å². The number of amides is 1. The van der Waals surface area contributed by atoms with Crippen molar-refractivity contribution in [3.63, 3.8) is 0 Å². The van der Waals surface area contributed by atoms with Crippen molar-refractivity contribution in [2.45, 2.75) is 39.0 Å². The molecule has 0 atom stereocenters. The molecule has 23 heavy (non-hydrogen) atoms. The number of fused-ring (bicyclic) bond motifs is 1. The number of carbonyl (C=O) groups excluding carboxylic acids is 1. The van der Waals surface area contributed by atoms with Crippen LogP contribution < -0.4 is 5.32 Å². The molecule has 1 amide bonds. The molecule has 2 aromatic rings. The normalized spacial score (nSPS) is 20.5. The highest BCUT2D eigenvalue weighted by Gasteiger charge is 2.36. The number of anilines is 1. The number of carboxylic acids is 1. The number of nitrogens with one attached hydrogen (secondary N) is 1. The van der Waals surface area contributed by atoms with Crippen molar-refractivity contribution in [1.29, 1.82) is 0 Å². The molecule has 1 fully saturated rings. The largest absolute Gasteiger partial charge is 0.481 e. The molecule has 6 heteroatoms. The maximum Gasteiger partial charge on any atom is 0.303 e. The highest BCUT2D eigenvalue weighted by atomic mass is 16.4. The van der Waals surface area contributed by atoms with Crippen molar-refractivity contribution >= 4 is 23.3 Å². The van der Waals surface area contributed by atoms with Crippen molar-refractivity contribution in [1.82, 2.24) is 9.38 Å². The second-order valence-electron chi connectivity index (χ2n) is 6.55. The minimum atomic E-state index is -0.794. The summed E-state index contributed by atoms with van der Waals surface area (Å²) in [5, 5.41) is 11.8. The van der Waals surface area contributed by atoms with E-state index in [0.717, 1.165) is 17.2 Å². The molecular formula is C17H21N3O3. The van der Waals surface area contributed by atoms with Crippen LogP contribution in [0.3, 0.4) is 0 Å². The summed E-state index contributed by atoms with van der Waals surface area (Å²) in [4.78, 5) is 27.7. The maximum atomic E-state index is 12.4. The van der Waals surface area contributed by atoms with E-state index in [1.54, 1.807) is 0 Å². The highest BCUT2D eigenvalue weighted by Crippen LogP contribution is 2.37. The third-order valence-electron chi connectivity index (χ3n) is 4.42. The van der Waals surface area contributed by atoms with Gasteiger partial charge in [-0.1, -0.05) is 19.9 Å². The SMILES string of the molecule is CC(C)c1nc2ccccn2c1NC(=O)C1CC(CC(=O)O)C1. The van der Waals surface area contributed by atoms with Gasteiger partial charge >= 0.3 is 5.97 Å². The number of hydrogen-bond acceptors (Lipinski definition) is 3. The lowest BCUT2D eigenvalue weighted by Gasteiger charge is -2.33. The van der Waals surface area contributed by atoms with E-state index in [0.29, 0.717) is 12.8 Å². The van der Waals surface area contributed by atoms with Crippen LogP contribution >= 0.6 is 0 Å². The third-order valence-corrected chi connectivity index (χ3v) is 4.42. The Morgan fingerprint density at radius 3 is 2.78 bits per heavy atom. The zero-order chi connectivity index (χ0) is 16.6. The molecule has 3 rings (SSSR count). The Morgan fingerprint density at radius 2 is 2.13 bits per heavy atom. The number of aromatic nitrogens is 2. The third kappa shape index (κ3) is 3.06. The molecule has 0 spiro atoms. The summed E-state index contributed by atoms with van der Waals surface area (Å²) in [6.07, 6.45) is 3.33. The summed E-state index contributed by atoms with van der Waals surface area (Å²) in [6.45, 7) is 4.09. The van der Waals surface area contributed by atoms with Crippen molar-refractivity contribution in [2.24, 2.45) is 11.8 Å². The molecule has 2 aromatic heterocycles. The monoisotopic (exact) mass is 315 g/mol. The van der Waals surface area contributed by atoms with Crippen LogP contribution in [0.1, 0.15) is 44.7 Å². The molecule has 6 nitrogen and oxygen atoms in total. The average molecular weight is 315 g/mol. The lowest BCUT2D eigenvalue weighted by atomic mass is 9.73. The van der Waals surface area contributed by atoms with Gasteiger partial charge in [-0.3, -0.25) is 14.0 Å². The summed E-state index contributed by atoms with van der Waals surface area (Å²) >= 11 is 0. The Kier molecular flexibility index (Phi) is 4.07. The van der Waals surface area contributed by atoms with Gasteiger partial charge in [0.05, 0.1) is 5.69 Å². The van der Waals surface area contributed by atoms with Gasteiger partial charge in [0, 0.05) is 18.5 Å². The van der Waals surface area contributed by atoms with Crippen LogP contribution in [-0.4, -0.2) is 26.4 Å². The van der Waals surface area contributed by atoms with Crippen LogP contribution in [0.5, 0.6) is 0 Å². The Labute approximate surface area is 134 Å². The fraction of sp³-hybridized carbons (Fsp3) is 0.471. The molecule has 0 aromatic carbocycles. The van der Waals surface area contributed by atoms with Gasteiger partial charge in [-0.25, -0.2) is 4.98 Å². The lowest BCUT2D eigenvalue weighted by molar-refractivity contribution is -0.140. The van der Waals surface area contributed by atoms with Gasteiger partial charge < -0.3 is 10.4 Å². The number of imidazole rings is 1. The summed E-state index contributed by atoms with van der Waals surface area (Å²) in [5.74, 6) is 0.106. The predicted octanol–water partition coefficient (Wildman–Crippen LogP) is 2.90. The van der Waals surface area contributed by atoms with Gasteiger partial charge in [0.1, 0.15) is 11.5 Å². The van der Waals surface area contributed by atoms with Crippen molar-refractivity contribution in [2.75, 3.05) is 5.32 Å². The molecule has 1 saturated carbocycles. The quantitative estimate of drug-likeness (QED) is 0.888. The number of pyridine rings is 1. The van der Waals surface area contributed by atoms with Crippen LogP contribution in [0, 0.1) is 11.8 Å². The van der Waals surface area contributed by atoms with E-state index in [1.165, 1.54) is 0 Å². The topological polar surface area (TPSA) is 83.7 Å². The van der Waals surface area contributed by atoms with Gasteiger partial charge in [-0.2, -0.15) is 0 Å². The summed E-state index contributed by atoms with van der Waals surface area (Å²) in [7, 11) is 0. The summed E-state index contributed by atoms with van der Waals surface area (Å²) < 4.78 is 1.89. The molecule has 0 bridgehead atoms. The number of carboxylic acid groups (broad SMARTS) is 1. The van der Waals surface area contributed by atoms with E-state index >= 15 is 0 Å². The Hall–Kier alpha value is -2.37. The molecule has 1 aliphatic rings. The fourth-order valence-corrected chi connectivity index (χ4v) is 3.12. The molecule has 2 N–H and O–H groups in total. The van der Waals surface area contributed by atoms with Crippen LogP contribution in [0.25, 0.3) is 5.65 Å². The zero-order valence-corrected chi connectivity index (χ0v) is 13.3. The number of carbonyl (C=O) groups is 2. The predicted molar refractivity (Wildman–Crippen MR) is 86.4 cm³/mol. The van der Waals surface area contributed by atoms with E-state index in [9.17, 15) is 9.59 Å². The summed E-state index contributed by atoms with van der Waals surface area (Å²) in [6, 6.07) is 5.73. The fourth-order valence-electron chi connectivity index (χ4n) is 3.12. The van der Waals surface area contributed by atoms with Crippen LogP contribution in [-0.2, 0) is 9.59 Å². The van der Waals surface area contributed by atoms with Gasteiger partial charge in [0.2, 0.25) is 5.91 Å². The molecule has 0 unspecified atom stereocenters. The number of hydrogen-bond donors (Lipinski definition) is 2. The number of nitrogens with zero attached hydrogens (tertiary/aromatic N) is 2. The van der Waals surface area contributed by atoms with E-state index < -0.39 is 5.97 Å². The molecule has 0 aliphatic heterocycles. The minimum Gasteiger partial charge on any atom is -0.481 e. The van der Waals surface area contributed by atoms with Gasteiger partial charge in [-0.15, -0.1) is 0 Å². The second-order valence-corrected chi connectivity index (χ2v) is 6.55. The molecule has 2 heterocycles. The van der Waals surface area contributed by atoms with Crippen molar-refractivity contribution < 1.29 is 14.7 Å². The first-order valence-corrected chi connectivity index (χ1v) is 7.95. The van der Waals surface area contributed by atoms with E-state index in [-0.39, 0.29) is 30.1 Å². The average Bonchev–Trinajstić information content (AvgIpc) is 2.81. The molecule has 1 aliphatic carbocycles. The van der Waals surface area contributed by atoms with Crippen molar-refractivity contribution in [3.05, 3.63) is 30.1 Å². The lowest BCUT2D eigenvalue weighted by Crippen LogP contribution is -2.35. The molecule has 0 radical (unpaired) electrons. The zero-order valence-electron chi connectivity index (χ0n) is 13.3. The Morgan fingerprint density at radius 1 is 1.39 bits per heavy atom. The molecule has 0 saturated heterocycles. The first-order valence-electron chi connectivity index (χ1n) is 7.95. The first kappa shape index (κ1) is 15.5. The van der Waals surface area contributed by atoms with Crippen LogP contribution in [0.4, 0.5) is 5.82 Å². The number of rotatable bonds is 5. The molecule has 122 valence electrons. The first-order chi connectivity index (χ1) is 11.0. The number of aliphatic carboxylic acids is 1. The minimum absolute atomic E-state index is 0.0424.